The van der Waals surface area contributed by atoms with Gasteiger partial charge in [0.25, 0.3) is 0 Å². The summed E-state index contributed by atoms with van der Waals surface area (Å²) in [5.41, 5.74) is 1.24. The number of alkyl halides is 3. The number of thiazole rings is 1. The van der Waals surface area contributed by atoms with E-state index in [1.165, 1.54) is 7.11 Å². The molecule has 2 aromatic carbocycles. The van der Waals surface area contributed by atoms with Gasteiger partial charge < -0.3 is 19.1 Å². The molecule has 0 saturated heterocycles. The summed E-state index contributed by atoms with van der Waals surface area (Å²) in [5.74, 6) is -0.971. The molecule has 2 heterocycles. The SMILES string of the molecule is C=CCCCCN(C)C(=O)[C@@H]1CCC(Oc2cc(-c3nc(C(F)(F)F)cs3)nc3c(C)c(OC)ccc23)C[C@H]1C(=O)OCc1ccccc1. The third kappa shape index (κ3) is 8.59. The smallest absolute Gasteiger partial charge is 0.434 e. The molecule has 49 heavy (non-hydrogen) atoms. The Balaban J connectivity index is 1.43. The van der Waals surface area contributed by atoms with Crippen LogP contribution in [0.5, 0.6) is 11.5 Å². The monoisotopic (exact) mass is 695 g/mol. The van der Waals surface area contributed by atoms with Gasteiger partial charge in [0.05, 0.1) is 30.6 Å². The van der Waals surface area contributed by atoms with Crippen molar-refractivity contribution in [1.82, 2.24) is 14.9 Å². The lowest BCUT2D eigenvalue weighted by molar-refractivity contribution is -0.159. The molecule has 1 aliphatic rings. The van der Waals surface area contributed by atoms with Gasteiger partial charge in [0, 0.05) is 36.0 Å². The highest BCUT2D eigenvalue weighted by molar-refractivity contribution is 7.13. The molecule has 1 amide bonds. The summed E-state index contributed by atoms with van der Waals surface area (Å²) in [6.07, 6.45) is 0.467. The van der Waals surface area contributed by atoms with Crippen molar-refractivity contribution >= 4 is 34.1 Å². The summed E-state index contributed by atoms with van der Waals surface area (Å²) < 4.78 is 58.1. The van der Waals surface area contributed by atoms with Crippen LogP contribution in [-0.4, -0.2) is 53.6 Å². The van der Waals surface area contributed by atoms with Crippen molar-refractivity contribution in [3.8, 4) is 22.2 Å². The normalized spacial score (nSPS) is 17.8. The molecule has 1 unspecified atom stereocenters. The number of ether oxygens (including phenoxy) is 3. The van der Waals surface area contributed by atoms with Gasteiger partial charge in [-0.3, -0.25) is 9.59 Å². The summed E-state index contributed by atoms with van der Waals surface area (Å²) in [4.78, 5) is 37.6. The number of amides is 1. The number of rotatable bonds is 13. The Morgan fingerprint density at radius 3 is 2.53 bits per heavy atom. The van der Waals surface area contributed by atoms with E-state index < -0.39 is 35.8 Å². The minimum absolute atomic E-state index is 0.0766. The molecule has 5 rings (SSSR count). The number of allylic oxidation sites excluding steroid dienone is 1. The number of aromatic nitrogens is 2. The number of hydrogen-bond donors (Lipinski definition) is 0. The van der Waals surface area contributed by atoms with Crippen LogP contribution in [0.1, 0.15) is 55.3 Å². The Morgan fingerprint density at radius 1 is 1.06 bits per heavy atom. The minimum Gasteiger partial charge on any atom is -0.496 e. The highest BCUT2D eigenvalue weighted by atomic mass is 32.1. The number of hydrogen-bond acceptors (Lipinski definition) is 8. The average molecular weight is 696 g/mol. The molecule has 8 nitrogen and oxygen atoms in total. The molecular formula is C37H40F3N3O5S. The first-order chi connectivity index (χ1) is 23.5. The third-order valence-electron chi connectivity index (χ3n) is 8.85. The van der Waals surface area contributed by atoms with Crippen molar-refractivity contribution in [3.63, 3.8) is 0 Å². The van der Waals surface area contributed by atoms with Gasteiger partial charge in [-0.15, -0.1) is 17.9 Å². The van der Waals surface area contributed by atoms with E-state index in [0.29, 0.717) is 47.4 Å². The number of aryl methyl sites for hydroxylation is 1. The second-order valence-corrected chi connectivity index (χ2v) is 13.1. The first kappa shape index (κ1) is 35.8. The second kappa shape index (κ2) is 15.8. The summed E-state index contributed by atoms with van der Waals surface area (Å²) in [7, 11) is 3.29. The van der Waals surface area contributed by atoms with Crippen molar-refractivity contribution in [1.29, 1.82) is 0 Å². The zero-order chi connectivity index (χ0) is 35.1. The van der Waals surface area contributed by atoms with Crippen LogP contribution in [0.2, 0.25) is 0 Å². The topological polar surface area (TPSA) is 90.9 Å². The molecule has 1 fully saturated rings. The van der Waals surface area contributed by atoms with E-state index in [4.69, 9.17) is 14.2 Å². The van der Waals surface area contributed by atoms with Crippen molar-refractivity contribution in [3.05, 3.63) is 83.4 Å². The van der Waals surface area contributed by atoms with E-state index in [0.717, 1.165) is 41.5 Å². The van der Waals surface area contributed by atoms with Gasteiger partial charge in [-0.2, -0.15) is 13.2 Å². The quantitative estimate of drug-likeness (QED) is 0.0788. The van der Waals surface area contributed by atoms with Crippen LogP contribution in [0.25, 0.3) is 21.6 Å². The predicted octanol–water partition coefficient (Wildman–Crippen LogP) is 8.42. The van der Waals surface area contributed by atoms with Crippen LogP contribution in [0.3, 0.4) is 0 Å². The maximum absolute atomic E-state index is 13.7. The zero-order valence-electron chi connectivity index (χ0n) is 27.8. The first-order valence-corrected chi connectivity index (χ1v) is 17.1. The highest BCUT2D eigenvalue weighted by Gasteiger charge is 2.42. The summed E-state index contributed by atoms with van der Waals surface area (Å²) in [5, 5.41) is 1.69. The minimum atomic E-state index is -4.59. The van der Waals surface area contributed by atoms with Gasteiger partial charge in [0.15, 0.2) is 5.69 Å². The van der Waals surface area contributed by atoms with Gasteiger partial charge in [-0.25, -0.2) is 9.97 Å². The summed E-state index contributed by atoms with van der Waals surface area (Å²) in [6, 6.07) is 14.5. The number of carbonyl (C=O) groups excluding carboxylic acids is 2. The van der Waals surface area contributed by atoms with Crippen LogP contribution >= 0.6 is 11.3 Å². The molecule has 0 spiro atoms. The number of methoxy groups -OCH3 is 1. The molecular weight excluding hydrogens is 655 g/mol. The Labute approximate surface area is 287 Å². The van der Waals surface area contributed by atoms with E-state index in [1.807, 2.05) is 43.3 Å². The second-order valence-electron chi connectivity index (χ2n) is 12.2. The van der Waals surface area contributed by atoms with Gasteiger partial charge in [0.2, 0.25) is 5.91 Å². The Bertz CT molecular complexity index is 1780. The van der Waals surface area contributed by atoms with Crippen molar-refractivity contribution in [2.24, 2.45) is 11.8 Å². The summed E-state index contributed by atoms with van der Waals surface area (Å²) in [6.45, 7) is 6.21. The number of halogens is 3. The number of pyridine rings is 1. The molecule has 0 radical (unpaired) electrons. The van der Waals surface area contributed by atoms with Crippen molar-refractivity contribution < 1.29 is 37.0 Å². The average Bonchev–Trinajstić information content (AvgIpc) is 3.61. The van der Waals surface area contributed by atoms with E-state index in [9.17, 15) is 22.8 Å². The molecule has 3 atom stereocenters. The van der Waals surface area contributed by atoms with Crippen LogP contribution in [0.4, 0.5) is 13.2 Å². The van der Waals surface area contributed by atoms with Gasteiger partial charge in [-0.05, 0) is 63.1 Å². The molecule has 1 aliphatic carbocycles. The lowest BCUT2D eigenvalue weighted by atomic mass is 9.77. The van der Waals surface area contributed by atoms with E-state index in [2.05, 4.69) is 16.5 Å². The molecule has 4 aromatic rings. The molecule has 1 saturated carbocycles. The fourth-order valence-electron chi connectivity index (χ4n) is 6.17. The van der Waals surface area contributed by atoms with Crippen LogP contribution in [-0.2, 0) is 27.1 Å². The van der Waals surface area contributed by atoms with Crippen molar-refractivity contribution in [2.75, 3.05) is 20.7 Å². The highest BCUT2D eigenvalue weighted by Crippen LogP contribution is 2.41. The summed E-state index contributed by atoms with van der Waals surface area (Å²) >= 11 is 0.842. The van der Waals surface area contributed by atoms with Crippen LogP contribution < -0.4 is 9.47 Å². The van der Waals surface area contributed by atoms with Gasteiger partial charge in [-0.1, -0.05) is 36.4 Å². The van der Waals surface area contributed by atoms with Gasteiger partial charge >= 0.3 is 12.1 Å². The largest absolute Gasteiger partial charge is 0.496 e. The molecule has 260 valence electrons. The third-order valence-corrected chi connectivity index (χ3v) is 9.71. The Hall–Kier alpha value is -4.45. The van der Waals surface area contributed by atoms with E-state index >= 15 is 0 Å². The number of esters is 1. The van der Waals surface area contributed by atoms with Crippen LogP contribution in [0.15, 0.2) is 66.6 Å². The maximum atomic E-state index is 13.7. The first-order valence-electron chi connectivity index (χ1n) is 16.2. The standard InChI is InChI=1S/C37H40F3N3O5S/c1-5-6-7-11-18-43(3)35(44)26-15-14-25(19-28(26)36(45)47-21-24-12-9-8-10-13-24)48-31-20-29(34-42-32(22-49-34)37(38,39)40)41-33-23(2)30(46-4)17-16-27(31)33/h5,8-10,12-13,16-17,20,22,25-26,28H,1,6-7,11,14-15,18-19,21H2,2-4H3/t25?,26-,28-/m1/s1. The van der Waals surface area contributed by atoms with E-state index in [1.54, 1.807) is 30.1 Å². The number of carbonyl (C=O) groups is 2. The molecule has 0 N–H and O–H groups in total. The maximum Gasteiger partial charge on any atom is 0.434 e. The Kier molecular flexibility index (Phi) is 11.6. The van der Waals surface area contributed by atoms with Crippen molar-refractivity contribution in [2.45, 2.75) is 64.3 Å². The lowest BCUT2D eigenvalue weighted by Gasteiger charge is -2.36. The molecule has 0 bridgehead atoms. The number of unbranched alkanes of at least 4 members (excludes halogenated alkanes) is 2. The molecule has 12 heteroatoms. The molecule has 0 aliphatic heterocycles. The van der Waals surface area contributed by atoms with Crippen LogP contribution in [0, 0.1) is 18.8 Å². The molecule has 2 aromatic heterocycles. The number of fused-ring (bicyclic) bond motifs is 1. The predicted molar refractivity (Wildman–Crippen MR) is 182 cm³/mol. The van der Waals surface area contributed by atoms with Gasteiger partial charge in [0.1, 0.15) is 28.8 Å². The number of benzene rings is 2. The fourth-order valence-corrected chi connectivity index (χ4v) is 6.96. The number of nitrogens with zero attached hydrogens (tertiary/aromatic N) is 3. The fraction of sp³-hybridized carbons (Fsp3) is 0.405. The Morgan fingerprint density at radius 2 is 1.84 bits per heavy atom. The zero-order valence-corrected chi connectivity index (χ0v) is 28.6. The van der Waals surface area contributed by atoms with E-state index in [-0.39, 0.29) is 29.6 Å². The lowest BCUT2D eigenvalue weighted by Crippen LogP contribution is -2.45.